The van der Waals surface area contributed by atoms with Crippen LogP contribution in [0.2, 0.25) is 0 Å². The number of rotatable bonds is 5. The number of benzene rings is 2. The van der Waals surface area contributed by atoms with Crippen molar-refractivity contribution in [2.45, 2.75) is 18.8 Å². The predicted molar refractivity (Wildman–Crippen MR) is 88.3 cm³/mol. The Kier molecular flexibility index (Phi) is 4.33. The second kappa shape index (κ2) is 6.41. The Balaban J connectivity index is 1.62. The molecule has 0 N–H and O–H groups in total. The largest absolute Gasteiger partial charge is 0.494 e. The van der Waals surface area contributed by atoms with Crippen molar-refractivity contribution in [3.63, 3.8) is 0 Å². The number of carbonyl (C=O) groups is 1. The highest BCUT2D eigenvalue weighted by molar-refractivity contribution is 5.93. The van der Waals surface area contributed by atoms with E-state index in [1.165, 1.54) is 23.6 Å². The SMILES string of the molecule is COc1ccc(N(C)C(=O)C[C@@H]2C[C@H]2c2ccccc2)cc1F. The van der Waals surface area contributed by atoms with Crippen LogP contribution in [0, 0.1) is 11.7 Å². The Morgan fingerprint density at radius 3 is 2.65 bits per heavy atom. The molecule has 0 aromatic heterocycles. The first kappa shape index (κ1) is 15.5. The third kappa shape index (κ3) is 3.36. The fourth-order valence-electron chi connectivity index (χ4n) is 2.95. The highest BCUT2D eigenvalue weighted by Crippen LogP contribution is 2.49. The lowest BCUT2D eigenvalue weighted by Crippen LogP contribution is -2.26. The zero-order chi connectivity index (χ0) is 16.4. The van der Waals surface area contributed by atoms with Gasteiger partial charge in [0.15, 0.2) is 11.6 Å². The number of hydrogen-bond acceptors (Lipinski definition) is 2. The first-order valence-electron chi connectivity index (χ1n) is 7.75. The molecular weight excluding hydrogens is 293 g/mol. The molecular formula is C19H20FNO2. The molecule has 1 saturated carbocycles. The van der Waals surface area contributed by atoms with Crippen LogP contribution in [0.1, 0.15) is 24.3 Å². The second-order valence-electron chi connectivity index (χ2n) is 5.99. The van der Waals surface area contributed by atoms with Gasteiger partial charge in [-0.05, 0) is 36.0 Å². The molecule has 1 aliphatic rings. The maximum absolute atomic E-state index is 13.8. The minimum Gasteiger partial charge on any atom is -0.494 e. The highest BCUT2D eigenvalue weighted by atomic mass is 19.1. The lowest BCUT2D eigenvalue weighted by atomic mass is 10.1. The van der Waals surface area contributed by atoms with Crippen LogP contribution in [0.4, 0.5) is 10.1 Å². The topological polar surface area (TPSA) is 29.5 Å². The van der Waals surface area contributed by atoms with E-state index in [1.54, 1.807) is 19.2 Å². The van der Waals surface area contributed by atoms with E-state index in [0.29, 0.717) is 23.9 Å². The van der Waals surface area contributed by atoms with E-state index < -0.39 is 5.82 Å². The molecule has 2 aromatic carbocycles. The van der Waals surface area contributed by atoms with Gasteiger partial charge in [-0.3, -0.25) is 4.79 Å². The van der Waals surface area contributed by atoms with Gasteiger partial charge in [0.1, 0.15) is 0 Å². The van der Waals surface area contributed by atoms with Gasteiger partial charge in [0, 0.05) is 25.2 Å². The van der Waals surface area contributed by atoms with Gasteiger partial charge in [-0.1, -0.05) is 30.3 Å². The molecule has 1 amide bonds. The van der Waals surface area contributed by atoms with Gasteiger partial charge in [-0.25, -0.2) is 4.39 Å². The summed E-state index contributed by atoms with van der Waals surface area (Å²) in [6.07, 6.45) is 1.53. The number of methoxy groups -OCH3 is 1. The molecule has 3 rings (SSSR count). The molecule has 0 bridgehead atoms. The van der Waals surface area contributed by atoms with Crippen LogP contribution in [-0.2, 0) is 4.79 Å². The van der Waals surface area contributed by atoms with Crippen molar-refractivity contribution in [2.75, 3.05) is 19.1 Å². The molecule has 0 saturated heterocycles. The van der Waals surface area contributed by atoms with Crippen molar-refractivity contribution in [1.29, 1.82) is 0 Å². The van der Waals surface area contributed by atoms with Crippen molar-refractivity contribution in [3.8, 4) is 5.75 Å². The first-order chi connectivity index (χ1) is 11.1. The lowest BCUT2D eigenvalue weighted by molar-refractivity contribution is -0.118. The van der Waals surface area contributed by atoms with E-state index >= 15 is 0 Å². The molecule has 2 aromatic rings. The molecule has 4 heteroatoms. The highest BCUT2D eigenvalue weighted by Gasteiger charge is 2.40. The van der Waals surface area contributed by atoms with E-state index in [0.717, 1.165) is 6.42 Å². The molecule has 0 unspecified atom stereocenters. The van der Waals surface area contributed by atoms with Crippen LogP contribution in [0.3, 0.4) is 0 Å². The minimum absolute atomic E-state index is 0.0120. The van der Waals surface area contributed by atoms with Crippen LogP contribution in [0.25, 0.3) is 0 Å². The third-order valence-corrected chi connectivity index (χ3v) is 4.48. The summed E-state index contributed by atoms with van der Waals surface area (Å²) in [4.78, 5) is 13.9. The van der Waals surface area contributed by atoms with Crippen molar-refractivity contribution in [2.24, 2.45) is 5.92 Å². The smallest absolute Gasteiger partial charge is 0.227 e. The van der Waals surface area contributed by atoms with Crippen LogP contribution >= 0.6 is 0 Å². The van der Waals surface area contributed by atoms with Crippen LogP contribution in [0.15, 0.2) is 48.5 Å². The average Bonchev–Trinajstić information content (AvgIpc) is 3.34. The number of nitrogens with zero attached hydrogens (tertiary/aromatic N) is 1. The molecule has 120 valence electrons. The summed E-state index contributed by atoms with van der Waals surface area (Å²) in [5, 5.41) is 0. The number of anilines is 1. The number of ether oxygens (including phenoxy) is 1. The van der Waals surface area contributed by atoms with E-state index in [9.17, 15) is 9.18 Å². The van der Waals surface area contributed by atoms with Crippen molar-refractivity contribution in [1.82, 2.24) is 0 Å². The summed E-state index contributed by atoms with van der Waals surface area (Å²) >= 11 is 0. The minimum atomic E-state index is -0.460. The first-order valence-corrected chi connectivity index (χ1v) is 7.75. The molecule has 3 nitrogen and oxygen atoms in total. The van der Waals surface area contributed by atoms with E-state index in [4.69, 9.17) is 4.74 Å². The fourth-order valence-corrected chi connectivity index (χ4v) is 2.95. The Hall–Kier alpha value is -2.36. The average molecular weight is 313 g/mol. The zero-order valence-corrected chi connectivity index (χ0v) is 13.3. The monoisotopic (exact) mass is 313 g/mol. The molecule has 0 spiro atoms. The Morgan fingerprint density at radius 1 is 1.26 bits per heavy atom. The van der Waals surface area contributed by atoms with E-state index in [2.05, 4.69) is 12.1 Å². The Labute approximate surface area is 135 Å². The molecule has 2 atom stereocenters. The zero-order valence-electron chi connectivity index (χ0n) is 13.3. The van der Waals surface area contributed by atoms with Gasteiger partial charge in [-0.15, -0.1) is 0 Å². The van der Waals surface area contributed by atoms with Crippen LogP contribution in [-0.4, -0.2) is 20.1 Å². The third-order valence-electron chi connectivity index (χ3n) is 4.48. The number of carbonyl (C=O) groups excluding carboxylic acids is 1. The maximum atomic E-state index is 13.8. The Bertz CT molecular complexity index is 702. The number of hydrogen-bond donors (Lipinski definition) is 0. The van der Waals surface area contributed by atoms with E-state index in [1.807, 2.05) is 18.2 Å². The van der Waals surface area contributed by atoms with Crippen LogP contribution in [0.5, 0.6) is 5.75 Å². The number of halogens is 1. The number of amides is 1. The summed E-state index contributed by atoms with van der Waals surface area (Å²) in [5.41, 5.74) is 1.84. The molecule has 23 heavy (non-hydrogen) atoms. The molecule has 0 heterocycles. The molecule has 0 aliphatic heterocycles. The quantitative estimate of drug-likeness (QED) is 0.835. The summed E-state index contributed by atoms with van der Waals surface area (Å²) in [5.74, 6) is 0.591. The predicted octanol–water partition coefficient (Wildman–Crippen LogP) is 3.99. The molecule has 0 radical (unpaired) electrons. The Morgan fingerprint density at radius 2 is 2.00 bits per heavy atom. The maximum Gasteiger partial charge on any atom is 0.227 e. The fraction of sp³-hybridized carbons (Fsp3) is 0.316. The summed E-state index contributed by atoms with van der Waals surface area (Å²) in [6, 6.07) is 14.8. The van der Waals surface area contributed by atoms with Crippen molar-refractivity contribution >= 4 is 11.6 Å². The van der Waals surface area contributed by atoms with Gasteiger partial charge in [0.25, 0.3) is 0 Å². The molecule has 1 fully saturated rings. The summed E-state index contributed by atoms with van der Waals surface area (Å²) < 4.78 is 18.7. The summed E-state index contributed by atoms with van der Waals surface area (Å²) in [7, 11) is 3.10. The van der Waals surface area contributed by atoms with Gasteiger partial charge in [0.05, 0.1) is 7.11 Å². The van der Waals surface area contributed by atoms with Gasteiger partial charge >= 0.3 is 0 Å². The second-order valence-corrected chi connectivity index (χ2v) is 5.99. The lowest BCUT2D eigenvalue weighted by Gasteiger charge is -2.18. The molecule has 1 aliphatic carbocycles. The van der Waals surface area contributed by atoms with Crippen LogP contribution < -0.4 is 9.64 Å². The van der Waals surface area contributed by atoms with Gasteiger partial charge in [-0.2, -0.15) is 0 Å². The van der Waals surface area contributed by atoms with Gasteiger partial charge < -0.3 is 9.64 Å². The van der Waals surface area contributed by atoms with Crippen molar-refractivity contribution < 1.29 is 13.9 Å². The van der Waals surface area contributed by atoms with Crippen molar-refractivity contribution in [3.05, 3.63) is 59.9 Å². The summed E-state index contributed by atoms with van der Waals surface area (Å²) in [6.45, 7) is 0. The standard InChI is InChI=1S/C19H20FNO2/c1-21(15-8-9-18(23-2)17(20)12-15)19(22)11-14-10-16(14)13-6-4-3-5-7-13/h3-9,12,14,16H,10-11H2,1-2H3/t14-,16-/m0/s1. The normalized spacial score (nSPS) is 19.3. The van der Waals surface area contributed by atoms with Gasteiger partial charge in [0.2, 0.25) is 5.91 Å². The van der Waals surface area contributed by atoms with E-state index in [-0.39, 0.29) is 11.7 Å².